The van der Waals surface area contributed by atoms with Gasteiger partial charge in [-0.2, -0.15) is 0 Å². The van der Waals surface area contributed by atoms with E-state index in [1.54, 1.807) is 7.11 Å². The van der Waals surface area contributed by atoms with Gasteiger partial charge in [-0.15, -0.1) is 0 Å². The molecule has 2 aliphatic heterocycles. The fourth-order valence-electron chi connectivity index (χ4n) is 6.69. The van der Waals surface area contributed by atoms with Gasteiger partial charge in [0.2, 0.25) is 0 Å². The van der Waals surface area contributed by atoms with E-state index in [1.807, 2.05) is 6.07 Å². The highest BCUT2D eigenvalue weighted by molar-refractivity contribution is 6.01. The molecule has 3 N–H and O–H groups in total. The van der Waals surface area contributed by atoms with Gasteiger partial charge in [-0.25, -0.2) is 4.79 Å². The van der Waals surface area contributed by atoms with E-state index in [9.17, 15) is 24.6 Å². The number of para-hydroxylation sites is 1. The largest absolute Gasteiger partial charge is 0.506 e. The number of aliphatic hydroxyl groups is 1. The molecule has 2 bridgehead atoms. The molecule has 6 rings (SSSR count). The average Bonchev–Trinajstić information content (AvgIpc) is 3.20. The average molecular weight is 496 g/mol. The SMILES string of the molecule is CC(=O)c1cccc(C(=O)O)c1O.COc1ccc2c3c1O[C@H]1C(=O)CC[C@@]4(O)[C@@H](C2)N(C)CC[C@]314. The number of likely N-dealkylation sites (N-methyl/N-ethyl adjacent to an activating group) is 1. The predicted molar refractivity (Wildman–Crippen MR) is 128 cm³/mol. The molecule has 2 aliphatic carbocycles. The minimum atomic E-state index is -1.25. The number of hydrogen-bond donors (Lipinski definition) is 3. The van der Waals surface area contributed by atoms with Crippen molar-refractivity contribution in [1.29, 1.82) is 0 Å². The van der Waals surface area contributed by atoms with Gasteiger partial charge < -0.3 is 29.7 Å². The quantitative estimate of drug-likeness (QED) is 0.549. The summed E-state index contributed by atoms with van der Waals surface area (Å²) in [5.74, 6) is -0.612. The molecule has 2 heterocycles. The second-order valence-electron chi connectivity index (χ2n) is 10.0. The van der Waals surface area contributed by atoms with Crippen LogP contribution in [-0.2, 0) is 16.6 Å². The summed E-state index contributed by atoms with van der Waals surface area (Å²) in [5.41, 5.74) is 0.508. The van der Waals surface area contributed by atoms with Gasteiger partial charge in [0.15, 0.2) is 29.2 Å². The van der Waals surface area contributed by atoms with Crippen LogP contribution >= 0.6 is 0 Å². The van der Waals surface area contributed by atoms with Crippen LogP contribution in [0.3, 0.4) is 0 Å². The maximum atomic E-state index is 12.7. The van der Waals surface area contributed by atoms with Gasteiger partial charge in [0.05, 0.1) is 23.7 Å². The molecule has 0 radical (unpaired) electrons. The summed E-state index contributed by atoms with van der Waals surface area (Å²) in [6, 6.07) is 8.08. The molecule has 0 aromatic heterocycles. The van der Waals surface area contributed by atoms with Crippen LogP contribution in [0.4, 0.5) is 0 Å². The highest BCUT2D eigenvalue weighted by Crippen LogP contribution is 2.64. The van der Waals surface area contributed by atoms with Crippen molar-refractivity contribution in [2.45, 2.75) is 55.8 Å². The van der Waals surface area contributed by atoms with Crippen LogP contribution in [0.5, 0.6) is 17.2 Å². The summed E-state index contributed by atoms with van der Waals surface area (Å²) in [4.78, 5) is 36.3. The highest BCUT2D eigenvalue weighted by atomic mass is 16.5. The lowest BCUT2D eigenvalue weighted by molar-refractivity contribution is -0.185. The first kappa shape index (κ1) is 24.3. The number of carbonyl (C=O) groups excluding carboxylic acids is 2. The lowest BCUT2D eigenvalue weighted by Crippen LogP contribution is -2.76. The van der Waals surface area contributed by atoms with Gasteiger partial charge >= 0.3 is 5.97 Å². The third kappa shape index (κ3) is 3.12. The van der Waals surface area contributed by atoms with Gasteiger partial charge in [-0.3, -0.25) is 9.59 Å². The van der Waals surface area contributed by atoms with Crippen LogP contribution in [0.15, 0.2) is 30.3 Å². The Morgan fingerprint density at radius 3 is 2.56 bits per heavy atom. The van der Waals surface area contributed by atoms with E-state index in [4.69, 9.17) is 14.6 Å². The minimum absolute atomic E-state index is 0.0277. The Labute approximate surface area is 208 Å². The zero-order valence-corrected chi connectivity index (χ0v) is 20.4. The highest BCUT2D eigenvalue weighted by Gasteiger charge is 2.72. The predicted octanol–water partition coefficient (Wildman–Crippen LogP) is 2.34. The van der Waals surface area contributed by atoms with Gasteiger partial charge in [0, 0.05) is 18.0 Å². The summed E-state index contributed by atoms with van der Waals surface area (Å²) < 4.78 is 11.6. The van der Waals surface area contributed by atoms with Gasteiger partial charge in [-0.1, -0.05) is 12.1 Å². The normalized spacial score (nSPS) is 29.4. The van der Waals surface area contributed by atoms with Gasteiger partial charge in [0.1, 0.15) is 11.3 Å². The first-order chi connectivity index (χ1) is 17.1. The van der Waals surface area contributed by atoms with Crippen molar-refractivity contribution in [3.05, 3.63) is 52.6 Å². The monoisotopic (exact) mass is 495 g/mol. The van der Waals surface area contributed by atoms with Gasteiger partial charge in [0.25, 0.3) is 0 Å². The van der Waals surface area contributed by atoms with Crippen molar-refractivity contribution in [2.24, 2.45) is 0 Å². The first-order valence-electron chi connectivity index (χ1n) is 12.0. The molecule has 36 heavy (non-hydrogen) atoms. The Kier molecular flexibility index (Phi) is 5.61. The lowest BCUT2D eigenvalue weighted by Gasteiger charge is -2.62. The van der Waals surface area contributed by atoms with E-state index in [2.05, 4.69) is 18.0 Å². The number of ether oxygens (including phenoxy) is 2. The molecule has 1 saturated carbocycles. The summed E-state index contributed by atoms with van der Waals surface area (Å²) >= 11 is 0. The second-order valence-corrected chi connectivity index (χ2v) is 10.0. The number of piperidine rings is 1. The van der Waals surface area contributed by atoms with E-state index >= 15 is 0 Å². The van der Waals surface area contributed by atoms with Crippen molar-refractivity contribution < 1.29 is 39.2 Å². The summed E-state index contributed by atoms with van der Waals surface area (Å²) in [6.07, 6.45) is 1.89. The molecule has 4 atom stereocenters. The fraction of sp³-hybridized carbons (Fsp3) is 0.444. The Hall–Kier alpha value is -3.43. The summed E-state index contributed by atoms with van der Waals surface area (Å²) in [6.45, 7) is 2.14. The number of ketones is 2. The zero-order chi connectivity index (χ0) is 26.0. The molecule has 1 spiro atoms. The number of phenols is 1. The van der Waals surface area contributed by atoms with Crippen molar-refractivity contribution >= 4 is 17.5 Å². The summed E-state index contributed by atoms with van der Waals surface area (Å²) in [7, 11) is 3.70. The third-order valence-corrected chi connectivity index (χ3v) is 8.38. The fourth-order valence-corrected chi connectivity index (χ4v) is 6.69. The Morgan fingerprint density at radius 1 is 1.17 bits per heavy atom. The molecular weight excluding hydrogens is 466 g/mol. The van der Waals surface area contributed by atoms with E-state index in [-0.39, 0.29) is 28.7 Å². The van der Waals surface area contributed by atoms with Crippen LogP contribution in [-0.4, -0.2) is 76.2 Å². The number of benzene rings is 2. The minimum Gasteiger partial charge on any atom is -0.506 e. The molecule has 2 aromatic carbocycles. The second kappa shape index (κ2) is 8.31. The first-order valence-corrected chi connectivity index (χ1v) is 12.0. The molecule has 9 heteroatoms. The number of methoxy groups -OCH3 is 1. The Morgan fingerprint density at radius 2 is 1.89 bits per heavy atom. The topological polar surface area (TPSA) is 134 Å². The number of aromatic carboxylic acids is 1. The van der Waals surface area contributed by atoms with E-state index in [0.29, 0.717) is 24.3 Å². The van der Waals surface area contributed by atoms with Crippen LogP contribution in [0.1, 0.15) is 58.0 Å². The molecular formula is C27H29NO8. The van der Waals surface area contributed by atoms with Crippen LogP contribution in [0.25, 0.3) is 0 Å². The maximum Gasteiger partial charge on any atom is 0.339 e. The van der Waals surface area contributed by atoms with E-state index in [0.717, 1.165) is 24.9 Å². The number of hydrogen-bond acceptors (Lipinski definition) is 8. The number of nitrogens with zero attached hydrogens (tertiary/aromatic N) is 1. The molecule has 9 nitrogen and oxygen atoms in total. The molecule has 190 valence electrons. The van der Waals surface area contributed by atoms with E-state index in [1.165, 1.54) is 30.7 Å². The van der Waals surface area contributed by atoms with Gasteiger partial charge in [-0.05, 0) is 63.5 Å². The maximum absolute atomic E-state index is 12.7. The zero-order valence-electron chi connectivity index (χ0n) is 20.4. The number of rotatable bonds is 3. The molecule has 2 fully saturated rings. The van der Waals surface area contributed by atoms with Crippen molar-refractivity contribution in [3.63, 3.8) is 0 Å². The smallest absolute Gasteiger partial charge is 0.339 e. The van der Waals surface area contributed by atoms with Crippen molar-refractivity contribution in [2.75, 3.05) is 20.7 Å². The number of carboxylic acid groups (broad SMARTS) is 1. The van der Waals surface area contributed by atoms with Crippen molar-refractivity contribution in [1.82, 2.24) is 4.90 Å². The van der Waals surface area contributed by atoms with Crippen molar-refractivity contribution in [3.8, 4) is 17.2 Å². The molecule has 1 saturated heterocycles. The Balaban J connectivity index is 0.000000176. The molecule has 0 unspecified atom stereocenters. The molecule has 0 amide bonds. The number of carbonyl (C=O) groups is 3. The standard InChI is InChI=1S/C18H21NO4.C9H8O4/c1-19-8-7-17-14-10-3-4-12(22-2)15(14)23-16(17)11(20)5-6-18(17,21)13(19)9-10;1-5(10)6-3-2-4-7(8(6)11)9(12)13/h3-4,13,16,21H,5-9H2,1-2H3;2-4,11H,1H3,(H,12,13)/t13-,16+,17+,18-;/m1./s1. The Bertz CT molecular complexity index is 1260. The number of carboxylic acids is 1. The number of Topliss-reactive ketones (excluding diaryl/α,β-unsaturated/α-hetero) is 2. The lowest BCUT2D eigenvalue weighted by atomic mass is 9.49. The number of likely N-dealkylation sites (tertiary alicyclic amines) is 1. The van der Waals surface area contributed by atoms with Crippen LogP contribution < -0.4 is 9.47 Å². The van der Waals surface area contributed by atoms with Crippen LogP contribution in [0, 0.1) is 0 Å². The molecule has 4 aliphatic rings. The third-order valence-electron chi connectivity index (χ3n) is 8.38. The number of aromatic hydroxyl groups is 1. The summed E-state index contributed by atoms with van der Waals surface area (Å²) in [5, 5.41) is 29.7. The van der Waals surface area contributed by atoms with Crippen LogP contribution in [0.2, 0.25) is 0 Å². The molecule has 2 aromatic rings. The van der Waals surface area contributed by atoms with E-state index < -0.39 is 28.8 Å².